The van der Waals surface area contributed by atoms with Gasteiger partial charge < -0.3 is 89.0 Å². The second-order valence-corrected chi connectivity index (χ2v) is 37.2. The maximum absolute atomic E-state index is 14.7. The number of alkyl halides is 1. The molecule has 31 heteroatoms. The number of nitrogens with zero attached hydrogens (tertiary/aromatic N) is 12. The Hall–Kier alpha value is -14.5. The first-order valence-electron chi connectivity index (χ1n) is 47.6. The number of anilines is 9. The molecule has 3 aromatic heterocycles. The van der Waals surface area contributed by atoms with Crippen LogP contribution in [0, 0.1) is 0 Å². The normalized spacial score (nSPS) is 16.9. The van der Waals surface area contributed by atoms with Crippen LogP contribution in [0.25, 0.3) is 33.8 Å². The number of aliphatic hydroxyl groups is 4. The molecule has 0 spiro atoms. The van der Waals surface area contributed by atoms with Crippen LogP contribution in [-0.4, -0.2) is 191 Å². The van der Waals surface area contributed by atoms with Gasteiger partial charge in [0.1, 0.15) is 5.67 Å². The number of aryl methyl sites for hydroxylation is 3. The number of carbonyl (C=O) groups is 6. The number of benzene rings is 9. The van der Waals surface area contributed by atoms with Gasteiger partial charge in [0.05, 0.1) is 79.4 Å². The van der Waals surface area contributed by atoms with Crippen molar-refractivity contribution in [2.24, 2.45) is 21.1 Å². The minimum Gasteiger partial charge on any atom is -0.393 e. The van der Waals surface area contributed by atoms with Crippen LogP contribution < -0.4 is 47.3 Å². The van der Waals surface area contributed by atoms with Gasteiger partial charge in [0, 0.05) is 190 Å². The fraction of sp³-hybridized carbons (Fsp3) is 0.333. The lowest BCUT2D eigenvalue weighted by Gasteiger charge is -2.31. The second kappa shape index (κ2) is 39.9. The fourth-order valence-corrected chi connectivity index (χ4v) is 19.5. The summed E-state index contributed by atoms with van der Waals surface area (Å²) in [5, 5.41) is 50.8. The number of nitrogens with one attached hydrogen (secondary N) is 3. The van der Waals surface area contributed by atoms with Gasteiger partial charge in [-0.2, -0.15) is 0 Å². The molecule has 3 saturated carbocycles. The zero-order valence-corrected chi connectivity index (χ0v) is 78.0. The summed E-state index contributed by atoms with van der Waals surface area (Å²) in [5.74, 6) is 0.922. The molecule has 714 valence electrons. The number of fused-ring (bicyclic) bond motifs is 3. The highest BCUT2D eigenvalue weighted by Crippen LogP contribution is 2.51. The van der Waals surface area contributed by atoms with Gasteiger partial charge in [-0.05, 0) is 238 Å². The van der Waals surface area contributed by atoms with Crippen LogP contribution in [0.2, 0.25) is 0 Å². The van der Waals surface area contributed by atoms with Gasteiger partial charge in [-0.1, -0.05) is 72.8 Å². The highest BCUT2D eigenvalue weighted by molar-refractivity contribution is 6.11. The van der Waals surface area contributed by atoms with Crippen molar-refractivity contribution in [3.8, 4) is 33.8 Å². The summed E-state index contributed by atoms with van der Waals surface area (Å²) in [6.07, 6.45) is 15.3. The Balaban J connectivity index is 0.000000133. The van der Waals surface area contributed by atoms with Crippen molar-refractivity contribution >= 4 is 87.0 Å². The summed E-state index contributed by atoms with van der Waals surface area (Å²) in [7, 11) is 6.61. The summed E-state index contributed by atoms with van der Waals surface area (Å²) in [4.78, 5) is 144. The number of likely N-dealkylation sites (tertiary alicyclic amines) is 2. The van der Waals surface area contributed by atoms with Crippen molar-refractivity contribution in [2.45, 2.75) is 133 Å². The Kier molecular flexibility index (Phi) is 26.9. The van der Waals surface area contributed by atoms with E-state index in [1.807, 2.05) is 59.5 Å². The van der Waals surface area contributed by atoms with Crippen LogP contribution in [0.1, 0.15) is 188 Å². The monoisotopic (exact) mass is 1880 g/mol. The standard InChI is InChI=1S/C37H39N5O5.C36H37N5O5.C35H34FN5O5/c1-40-21-32(39-34(37(40)46)38-27-11-8-24(9-12-27)35(44)41-17-15-28(47-2)16-18-41)30-4-3-5-33(31(30)22-43)42-19-14-26-20-25(23-6-7-23)10-13-29(26)36(42)45;1-39-20-31(38-33(36(39)46)37-26-10-7-23(8-11-26)34(44)40-16-14-27(43)15-17-40)29-3-2-4-32(30(29)21-42)41-18-13-25-19-24(22-5-6-22)9-12-28(25)35(41)45;1-39-20-29(38-31(34(39)45)37-25-8-5-22(6-9-25)32(43)40-15-17-46-18-16-40)27-3-2-4-30(28(27)21-42)41-14-11-23-19-24(35(36)12-13-35)7-10-26(23)33(41)44/h3-5,8-13,20-21,23,28,43H,6-7,14-19,22H2,1-2H3,(H,38,39);2-4,7-12,19-20,22,27,42-43H,5-6,13-18,21H2,1H3,(H,37,38);2-10,19-20,42H,11-18,21H2,1H3,(H,37,38). The number of piperidine rings is 2. The third-order valence-corrected chi connectivity index (χ3v) is 28.0. The highest BCUT2D eigenvalue weighted by atomic mass is 19.1. The molecule has 0 radical (unpaired) electrons. The number of carbonyl (C=O) groups excluding carboxylic acids is 6. The number of aromatic nitrogens is 6. The number of ether oxygens (including phenoxy) is 2. The maximum Gasteiger partial charge on any atom is 0.293 e. The van der Waals surface area contributed by atoms with Crippen molar-refractivity contribution in [3.05, 3.63) is 315 Å². The Morgan fingerprint density at radius 1 is 0.410 bits per heavy atom. The lowest BCUT2D eigenvalue weighted by atomic mass is 9.93. The molecule has 6 amide bonds. The van der Waals surface area contributed by atoms with E-state index in [2.05, 4.69) is 55.2 Å². The van der Waals surface area contributed by atoms with Crippen LogP contribution in [0.3, 0.4) is 0 Å². The summed E-state index contributed by atoms with van der Waals surface area (Å²) >= 11 is 0. The number of hydrogen-bond acceptors (Lipinski definition) is 21. The Morgan fingerprint density at radius 3 is 1.07 bits per heavy atom. The van der Waals surface area contributed by atoms with Crippen molar-refractivity contribution in [1.29, 1.82) is 0 Å². The molecule has 21 rings (SSSR count). The minimum atomic E-state index is -1.27. The Labute approximate surface area is 802 Å². The van der Waals surface area contributed by atoms with Gasteiger partial charge in [0.2, 0.25) is 0 Å². The molecule has 0 unspecified atom stereocenters. The number of hydrogen-bond donors (Lipinski definition) is 7. The van der Waals surface area contributed by atoms with E-state index in [-0.39, 0.29) is 102 Å². The van der Waals surface area contributed by atoms with Crippen LogP contribution in [0.15, 0.2) is 215 Å². The smallest absolute Gasteiger partial charge is 0.293 e. The van der Waals surface area contributed by atoms with Crippen LogP contribution in [0.5, 0.6) is 0 Å². The zero-order valence-electron chi connectivity index (χ0n) is 78.0. The summed E-state index contributed by atoms with van der Waals surface area (Å²) in [5.41, 5.74) is 15.9. The summed E-state index contributed by atoms with van der Waals surface area (Å²) in [6.45, 7) is 4.86. The van der Waals surface area contributed by atoms with Crippen molar-refractivity contribution in [1.82, 2.24) is 43.4 Å². The first kappa shape index (κ1) is 93.5. The molecule has 3 aliphatic carbocycles. The van der Waals surface area contributed by atoms with E-state index >= 15 is 0 Å². The van der Waals surface area contributed by atoms with Crippen LogP contribution in [0.4, 0.5) is 56.0 Å². The Morgan fingerprint density at radius 2 is 0.741 bits per heavy atom. The number of halogens is 1. The van der Waals surface area contributed by atoms with Crippen molar-refractivity contribution in [3.63, 3.8) is 0 Å². The van der Waals surface area contributed by atoms with Gasteiger partial charge in [-0.25, -0.2) is 19.3 Å². The number of rotatable bonds is 22. The van der Waals surface area contributed by atoms with Crippen LogP contribution in [-0.2, 0) is 75.4 Å². The second-order valence-electron chi connectivity index (χ2n) is 37.2. The topological polar surface area (TPSA) is 362 Å². The number of morpholine rings is 1. The van der Waals surface area contributed by atoms with Crippen LogP contribution >= 0.6 is 0 Å². The molecule has 30 nitrogen and oxygen atoms in total. The van der Waals surface area contributed by atoms with E-state index in [1.54, 1.807) is 174 Å². The van der Waals surface area contributed by atoms with Gasteiger partial charge in [-0.15, -0.1) is 0 Å². The molecule has 12 aromatic rings. The fourth-order valence-electron chi connectivity index (χ4n) is 19.5. The Bertz CT molecular complexity index is 6970. The highest BCUT2D eigenvalue weighted by Gasteiger charge is 2.46. The summed E-state index contributed by atoms with van der Waals surface area (Å²) in [6, 6.07) is 54.8. The molecule has 6 fully saturated rings. The van der Waals surface area contributed by atoms with E-state index in [1.165, 1.54) is 50.5 Å². The molecule has 0 atom stereocenters. The number of amides is 6. The van der Waals surface area contributed by atoms with E-state index in [4.69, 9.17) is 9.47 Å². The zero-order chi connectivity index (χ0) is 96.6. The molecule has 139 heavy (non-hydrogen) atoms. The molecule has 9 aliphatic rings. The van der Waals surface area contributed by atoms with E-state index in [0.29, 0.717) is 240 Å². The van der Waals surface area contributed by atoms with E-state index in [9.17, 15) is 68.0 Å². The van der Waals surface area contributed by atoms with E-state index < -0.39 is 5.67 Å². The molecular weight excluding hydrogens is 1770 g/mol. The van der Waals surface area contributed by atoms with Crippen molar-refractivity contribution in [2.75, 3.05) is 110 Å². The van der Waals surface area contributed by atoms with Gasteiger partial charge in [0.25, 0.3) is 52.1 Å². The number of aliphatic hydroxyl groups excluding tert-OH is 4. The average Bonchev–Trinajstić information content (AvgIpc) is 1.62. The summed E-state index contributed by atoms with van der Waals surface area (Å²) < 4.78 is 29.7. The first-order chi connectivity index (χ1) is 67.4. The first-order valence-corrected chi connectivity index (χ1v) is 47.6. The predicted molar refractivity (Wildman–Crippen MR) is 527 cm³/mol. The number of methoxy groups -OCH3 is 1. The molecule has 7 N–H and O–H groups in total. The molecular formula is C108H110FN15O15. The predicted octanol–water partition coefficient (Wildman–Crippen LogP) is 13.7. The third-order valence-electron chi connectivity index (χ3n) is 28.0. The maximum atomic E-state index is 14.7. The molecule has 9 heterocycles. The average molecular weight is 1880 g/mol. The largest absolute Gasteiger partial charge is 0.393 e. The van der Waals surface area contributed by atoms with Crippen molar-refractivity contribution < 1.29 is 63.1 Å². The SMILES string of the molecule is COC1CCN(C(=O)c2ccc(Nc3nc(-c4cccc(N5CCc6cc(C7CC7)ccc6C5=O)c4CO)cn(C)c3=O)cc2)CC1.Cn1cc(-c2cccc(N3CCc4cc(C5(F)CC5)ccc4C3=O)c2CO)nc(Nc2ccc(C(=O)N3CCOCC3)cc2)c1=O.Cn1cc(-c2cccc(N3CCc4cc(C5CC5)ccc4C3=O)c2CO)nc(Nc2ccc(C(=O)N3CCC(O)CC3)cc2)c1=O. The molecule has 6 aliphatic heterocycles. The molecule has 3 saturated heterocycles. The van der Waals surface area contributed by atoms with E-state index in [0.717, 1.165) is 42.4 Å². The third kappa shape index (κ3) is 19.7. The lowest BCUT2D eigenvalue weighted by Crippen LogP contribution is -2.40. The quantitative estimate of drug-likeness (QED) is 0.0331. The minimum absolute atomic E-state index is 0.0303. The molecule has 9 aromatic carbocycles. The lowest BCUT2D eigenvalue weighted by molar-refractivity contribution is 0.0302. The van der Waals surface area contributed by atoms with Gasteiger partial charge >= 0.3 is 0 Å². The van der Waals surface area contributed by atoms with Gasteiger partial charge in [-0.3, -0.25) is 43.2 Å². The van der Waals surface area contributed by atoms with Gasteiger partial charge in [0.15, 0.2) is 17.5 Å². The molecule has 0 bridgehead atoms.